The maximum Gasteiger partial charge on any atom is 0.251 e. The van der Waals surface area contributed by atoms with E-state index in [4.69, 9.17) is 11.6 Å². The van der Waals surface area contributed by atoms with Crippen molar-refractivity contribution in [3.8, 4) is 0 Å². The fraction of sp³-hybridized carbons (Fsp3) is 0.333. The smallest absolute Gasteiger partial charge is 0.251 e. The topological polar surface area (TPSA) is 49.4 Å². The number of nitrogens with one attached hydrogen (secondary N) is 1. The van der Waals surface area contributed by atoms with Crippen LogP contribution in [-0.2, 0) is 4.79 Å². The minimum atomic E-state index is -0.153. The van der Waals surface area contributed by atoms with Crippen LogP contribution in [0.2, 0.25) is 5.02 Å². The molecule has 2 rings (SSSR count). The molecule has 1 heterocycles. The van der Waals surface area contributed by atoms with Gasteiger partial charge in [0.25, 0.3) is 5.91 Å². The molecule has 0 saturated carbocycles. The summed E-state index contributed by atoms with van der Waals surface area (Å²) in [5.74, 6) is -0.0731. The summed E-state index contributed by atoms with van der Waals surface area (Å²) in [7, 11) is 1.82. The maximum atomic E-state index is 12.2. The van der Waals surface area contributed by atoms with Gasteiger partial charge in [-0.2, -0.15) is 0 Å². The number of halogens is 1. The number of carbonyl (C=O) groups excluding carboxylic acids is 2. The Bertz CT molecular complexity index is 671. The Kier molecular flexibility index (Phi) is 6.82. The van der Waals surface area contributed by atoms with Crippen LogP contribution in [0.15, 0.2) is 41.8 Å². The second kappa shape index (κ2) is 8.85. The molecule has 0 saturated heterocycles. The molecule has 0 bridgehead atoms. The number of amides is 2. The van der Waals surface area contributed by atoms with Gasteiger partial charge in [-0.3, -0.25) is 9.59 Å². The highest BCUT2D eigenvalue weighted by Gasteiger charge is 2.17. The summed E-state index contributed by atoms with van der Waals surface area (Å²) in [6.07, 6.45) is 1.02. The van der Waals surface area contributed by atoms with Gasteiger partial charge in [-0.05, 0) is 49.1 Å². The van der Waals surface area contributed by atoms with Crippen LogP contribution in [0.25, 0.3) is 0 Å². The van der Waals surface area contributed by atoms with Crippen LogP contribution < -0.4 is 5.32 Å². The van der Waals surface area contributed by atoms with Gasteiger partial charge in [-0.1, -0.05) is 17.7 Å². The summed E-state index contributed by atoms with van der Waals surface area (Å²) >= 11 is 7.44. The van der Waals surface area contributed by atoms with Crippen molar-refractivity contribution in [1.82, 2.24) is 10.2 Å². The van der Waals surface area contributed by atoms with Gasteiger partial charge in [-0.25, -0.2) is 0 Å². The monoisotopic (exact) mass is 364 g/mol. The van der Waals surface area contributed by atoms with Crippen molar-refractivity contribution in [1.29, 1.82) is 0 Å². The lowest BCUT2D eigenvalue weighted by Crippen LogP contribution is -2.30. The lowest BCUT2D eigenvalue weighted by Gasteiger charge is -2.24. The van der Waals surface area contributed by atoms with E-state index >= 15 is 0 Å². The third-order valence-corrected chi connectivity index (χ3v) is 5.18. The van der Waals surface area contributed by atoms with Crippen LogP contribution in [0, 0.1) is 0 Å². The normalized spacial score (nSPS) is 11.8. The average Bonchev–Trinajstić information content (AvgIpc) is 3.12. The Hall–Kier alpha value is -1.85. The maximum absolute atomic E-state index is 12.2. The highest BCUT2D eigenvalue weighted by molar-refractivity contribution is 7.10. The molecular weight excluding hydrogens is 344 g/mol. The Morgan fingerprint density at radius 2 is 1.96 bits per heavy atom. The van der Waals surface area contributed by atoms with Gasteiger partial charge in [0.05, 0.1) is 6.04 Å². The highest BCUT2D eigenvalue weighted by Crippen LogP contribution is 2.23. The van der Waals surface area contributed by atoms with Gasteiger partial charge in [-0.15, -0.1) is 11.3 Å². The number of hydrogen-bond acceptors (Lipinski definition) is 3. The van der Waals surface area contributed by atoms with E-state index in [-0.39, 0.29) is 17.9 Å². The second-order valence-corrected chi connectivity index (χ2v) is 6.98. The Morgan fingerprint density at radius 1 is 1.25 bits per heavy atom. The first-order chi connectivity index (χ1) is 11.5. The van der Waals surface area contributed by atoms with E-state index in [0.29, 0.717) is 30.0 Å². The quantitative estimate of drug-likeness (QED) is 0.751. The number of thiophene rings is 1. The zero-order valence-electron chi connectivity index (χ0n) is 13.8. The first-order valence-electron chi connectivity index (χ1n) is 7.82. The van der Waals surface area contributed by atoms with Gasteiger partial charge in [0.15, 0.2) is 0 Å². The lowest BCUT2D eigenvalue weighted by atomic mass is 10.2. The van der Waals surface area contributed by atoms with E-state index in [1.54, 1.807) is 40.5 Å². The van der Waals surface area contributed by atoms with Crippen LogP contribution in [-0.4, -0.2) is 30.3 Å². The molecule has 2 amide bonds. The molecule has 1 aromatic carbocycles. The number of benzene rings is 1. The molecule has 4 nitrogen and oxygen atoms in total. The summed E-state index contributed by atoms with van der Waals surface area (Å²) in [6.45, 7) is 2.49. The molecule has 24 heavy (non-hydrogen) atoms. The van der Waals surface area contributed by atoms with Gasteiger partial charge >= 0.3 is 0 Å². The lowest BCUT2D eigenvalue weighted by molar-refractivity contribution is -0.131. The van der Waals surface area contributed by atoms with E-state index in [1.807, 2.05) is 31.5 Å². The molecule has 0 spiro atoms. The molecule has 1 atom stereocenters. The number of carbonyl (C=O) groups is 2. The third-order valence-electron chi connectivity index (χ3n) is 3.89. The van der Waals surface area contributed by atoms with E-state index in [2.05, 4.69) is 5.32 Å². The van der Waals surface area contributed by atoms with Crippen molar-refractivity contribution in [2.75, 3.05) is 13.6 Å². The van der Waals surface area contributed by atoms with Crippen LogP contribution in [0.3, 0.4) is 0 Å². The molecule has 0 aliphatic carbocycles. The van der Waals surface area contributed by atoms with Gasteiger partial charge in [0.2, 0.25) is 5.91 Å². The van der Waals surface area contributed by atoms with Gasteiger partial charge in [0.1, 0.15) is 0 Å². The molecule has 0 unspecified atom stereocenters. The second-order valence-electron chi connectivity index (χ2n) is 5.56. The minimum absolute atomic E-state index is 0.0705. The molecule has 128 valence electrons. The summed E-state index contributed by atoms with van der Waals surface area (Å²) in [5, 5.41) is 5.43. The zero-order chi connectivity index (χ0) is 17.5. The van der Waals surface area contributed by atoms with Crippen molar-refractivity contribution in [3.63, 3.8) is 0 Å². The van der Waals surface area contributed by atoms with Crippen molar-refractivity contribution in [3.05, 3.63) is 57.2 Å². The SMILES string of the molecule is C[C@@H](c1cccs1)N(C)C(=O)CCCNC(=O)c1ccc(Cl)cc1. The predicted molar refractivity (Wildman–Crippen MR) is 98.5 cm³/mol. The molecular formula is C18H21ClN2O2S. The van der Waals surface area contributed by atoms with Crippen molar-refractivity contribution < 1.29 is 9.59 Å². The standard InChI is InChI=1S/C18H21ClN2O2S/c1-13(16-5-4-12-24-16)21(2)17(22)6-3-11-20-18(23)14-7-9-15(19)10-8-14/h4-5,7-10,12-13H,3,6,11H2,1-2H3,(H,20,23)/t13-/m0/s1. The van der Waals surface area contributed by atoms with E-state index in [1.165, 1.54) is 4.88 Å². The Labute approximate surface area is 151 Å². The molecule has 2 aromatic rings. The summed E-state index contributed by atoms with van der Waals surface area (Å²) in [5.41, 5.74) is 0.564. The fourth-order valence-electron chi connectivity index (χ4n) is 2.26. The summed E-state index contributed by atoms with van der Waals surface area (Å²) < 4.78 is 0. The summed E-state index contributed by atoms with van der Waals surface area (Å²) in [6, 6.07) is 10.8. The van der Waals surface area contributed by atoms with Gasteiger partial charge < -0.3 is 10.2 Å². The predicted octanol–water partition coefficient (Wildman–Crippen LogP) is 4.13. The molecule has 1 N–H and O–H groups in total. The first-order valence-corrected chi connectivity index (χ1v) is 9.07. The van der Waals surface area contributed by atoms with Crippen LogP contribution >= 0.6 is 22.9 Å². The van der Waals surface area contributed by atoms with Crippen molar-refractivity contribution >= 4 is 34.8 Å². The van der Waals surface area contributed by atoms with E-state index in [0.717, 1.165) is 0 Å². The third kappa shape index (κ3) is 5.08. The number of nitrogens with zero attached hydrogens (tertiary/aromatic N) is 1. The molecule has 6 heteroatoms. The average molecular weight is 365 g/mol. The van der Waals surface area contributed by atoms with Crippen LogP contribution in [0.1, 0.15) is 41.0 Å². The molecule has 0 aliphatic rings. The molecule has 1 aromatic heterocycles. The molecule has 0 aliphatic heterocycles. The van der Waals surface area contributed by atoms with E-state index in [9.17, 15) is 9.59 Å². The fourth-order valence-corrected chi connectivity index (χ4v) is 3.21. The summed E-state index contributed by atoms with van der Waals surface area (Å²) in [4.78, 5) is 27.1. The first kappa shape index (κ1) is 18.5. The van der Waals surface area contributed by atoms with Crippen molar-refractivity contribution in [2.24, 2.45) is 0 Å². The number of hydrogen-bond donors (Lipinski definition) is 1. The van der Waals surface area contributed by atoms with Crippen molar-refractivity contribution in [2.45, 2.75) is 25.8 Å². The zero-order valence-corrected chi connectivity index (χ0v) is 15.4. The highest BCUT2D eigenvalue weighted by atomic mass is 35.5. The Balaban J connectivity index is 1.72. The van der Waals surface area contributed by atoms with E-state index < -0.39 is 0 Å². The van der Waals surface area contributed by atoms with Crippen LogP contribution in [0.4, 0.5) is 0 Å². The Morgan fingerprint density at radius 3 is 2.58 bits per heavy atom. The molecule has 0 fully saturated rings. The molecule has 0 radical (unpaired) electrons. The van der Waals surface area contributed by atoms with Crippen LogP contribution in [0.5, 0.6) is 0 Å². The minimum Gasteiger partial charge on any atom is -0.352 e. The largest absolute Gasteiger partial charge is 0.352 e. The van der Waals surface area contributed by atoms with Gasteiger partial charge in [0, 0.05) is 35.5 Å². The number of rotatable bonds is 7.